The van der Waals surface area contributed by atoms with Crippen molar-refractivity contribution in [1.29, 1.82) is 0 Å². The molecule has 8 nitrogen and oxygen atoms in total. The molecule has 1 saturated heterocycles. The van der Waals surface area contributed by atoms with Gasteiger partial charge in [0.05, 0.1) is 11.3 Å². The van der Waals surface area contributed by atoms with Crippen LogP contribution < -0.4 is 14.4 Å². The standard InChI is InChI=1S/C28H32N6O2S/c1-18-19(2)37-28(31-18)24-21-5-3-4-8-34(21)26-25(24)29-17-30-27(26)33-11-9-32(10-12-33)16-20-6-7-22-23(15-20)36-14-13-35-22/h6-7,15,17H,3-5,8-14,16H2,1-2H3. The van der Waals surface area contributed by atoms with Crippen molar-refractivity contribution in [3.63, 3.8) is 0 Å². The monoisotopic (exact) mass is 516 g/mol. The van der Waals surface area contributed by atoms with Crippen LogP contribution in [0, 0.1) is 13.8 Å². The lowest BCUT2D eigenvalue weighted by atomic mass is 10.1. The third-order valence-electron chi connectivity index (χ3n) is 7.90. The topological polar surface area (TPSA) is 68.5 Å². The van der Waals surface area contributed by atoms with Crippen LogP contribution in [0.2, 0.25) is 0 Å². The van der Waals surface area contributed by atoms with Gasteiger partial charge in [0.1, 0.15) is 35.6 Å². The summed E-state index contributed by atoms with van der Waals surface area (Å²) in [7, 11) is 0. The van der Waals surface area contributed by atoms with Crippen LogP contribution in [0.3, 0.4) is 0 Å². The van der Waals surface area contributed by atoms with E-state index < -0.39 is 0 Å². The minimum atomic E-state index is 0.620. The van der Waals surface area contributed by atoms with Crippen molar-refractivity contribution in [2.45, 2.75) is 46.2 Å². The molecule has 0 aliphatic carbocycles. The Labute approximate surface area is 220 Å². The lowest BCUT2D eigenvalue weighted by molar-refractivity contribution is 0.171. The molecular formula is C28H32N6O2S. The number of rotatable bonds is 4. The molecule has 0 bridgehead atoms. The summed E-state index contributed by atoms with van der Waals surface area (Å²) in [4.78, 5) is 20.9. The molecule has 0 spiro atoms. The minimum absolute atomic E-state index is 0.620. The van der Waals surface area contributed by atoms with Gasteiger partial charge in [-0.25, -0.2) is 15.0 Å². The summed E-state index contributed by atoms with van der Waals surface area (Å²) in [5.74, 6) is 2.79. The van der Waals surface area contributed by atoms with Crippen molar-refractivity contribution in [1.82, 2.24) is 24.4 Å². The second-order valence-corrected chi connectivity index (χ2v) is 11.4. The van der Waals surface area contributed by atoms with Crippen molar-refractivity contribution >= 4 is 28.2 Å². The highest BCUT2D eigenvalue weighted by atomic mass is 32.1. The van der Waals surface area contributed by atoms with Gasteiger partial charge in [0, 0.05) is 49.8 Å². The van der Waals surface area contributed by atoms with Crippen LogP contribution in [0.15, 0.2) is 24.5 Å². The Morgan fingerprint density at radius 2 is 1.78 bits per heavy atom. The van der Waals surface area contributed by atoms with E-state index in [9.17, 15) is 0 Å². The van der Waals surface area contributed by atoms with E-state index in [0.29, 0.717) is 13.2 Å². The molecule has 3 aliphatic rings. The number of fused-ring (bicyclic) bond motifs is 4. The Morgan fingerprint density at radius 3 is 2.59 bits per heavy atom. The smallest absolute Gasteiger partial charge is 0.161 e. The largest absolute Gasteiger partial charge is 0.486 e. The molecule has 0 amide bonds. The molecule has 3 aliphatic heterocycles. The van der Waals surface area contributed by atoms with E-state index in [1.807, 2.05) is 6.07 Å². The predicted octanol–water partition coefficient (Wildman–Crippen LogP) is 4.60. The van der Waals surface area contributed by atoms with Crippen molar-refractivity contribution in [2.24, 2.45) is 0 Å². The Balaban J connectivity index is 1.16. The third-order valence-corrected chi connectivity index (χ3v) is 8.99. The first-order chi connectivity index (χ1) is 18.2. The third kappa shape index (κ3) is 4.05. The van der Waals surface area contributed by atoms with E-state index in [4.69, 9.17) is 24.4 Å². The van der Waals surface area contributed by atoms with E-state index in [1.54, 1.807) is 17.7 Å². The summed E-state index contributed by atoms with van der Waals surface area (Å²) < 4.78 is 14.0. The van der Waals surface area contributed by atoms with Crippen molar-refractivity contribution < 1.29 is 9.47 Å². The summed E-state index contributed by atoms with van der Waals surface area (Å²) in [6.45, 7) is 11.3. The normalized spacial score (nSPS) is 17.8. The first-order valence-electron chi connectivity index (χ1n) is 13.3. The number of nitrogens with zero attached hydrogens (tertiary/aromatic N) is 6. The second-order valence-electron chi connectivity index (χ2n) is 10.2. The molecule has 1 fully saturated rings. The summed E-state index contributed by atoms with van der Waals surface area (Å²) in [6, 6.07) is 6.33. The molecule has 7 rings (SSSR count). The molecule has 1 aromatic carbocycles. The Hall–Kier alpha value is -3.17. The second kappa shape index (κ2) is 9.29. The van der Waals surface area contributed by atoms with Gasteiger partial charge in [-0.1, -0.05) is 6.07 Å². The van der Waals surface area contributed by atoms with Gasteiger partial charge in [0.25, 0.3) is 0 Å². The van der Waals surface area contributed by atoms with Crippen LogP contribution in [0.5, 0.6) is 11.5 Å². The molecule has 192 valence electrons. The number of hydrogen-bond acceptors (Lipinski definition) is 8. The summed E-state index contributed by atoms with van der Waals surface area (Å²) in [5, 5.41) is 1.10. The highest BCUT2D eigenvalue weighted by Crippen LogP contribution is 2.42. The van der Waals surface area contributed by atoms with Gasteiger partial charge in [-0.05, 0) is 50.8 Å². The van der Waals surface area contributed by atoms with E-state index in [0.717, 1.165) is 79.2 Å². The Kier molecular flexibility index (Phi) is 5.77. The molecule has 0 unspecified atom stereocenters. The Morgan fingerprint density at radius 1 is 0.946 bits per heavy atom. The molecule has 0 N–H and O–H groups in total. The number of ether oxygens (including phenoxy) is 2. The quantitative estimate of drug-likeness (QED) is 0.393. The maximum absolute atomic E-state index is 5.78. The van der Waals surface area contributed by atoms with Crippen molar-refractivity contribution in [3.8, 4) is 22.1 Å². The summed E-state index contributed by atoms with van der Waals surface area (Å²) >= 11 is 1.79. The number of hydrogen-bond donors (Lipinski definition) is 0. The van der Waals surface area contributed by atoms with Crippen LogP contribution in [0.1, 0.15) is 34.7 Å². The lowest BCUT2D eigenvalue weighted by Crippen LogP contribution is -2.46. The van der Waals surface area contributed by atoms with Gasteiger partial charge < -0.3 is 18.9 Å². The maximum atomic E-state index is 5.78. The molecule has 37 heavy (non-hydrogen) atoms. The van der Waals surface area contributed by atoms with Gasteiger partial charge in [0.15, 0.2) is 17.3 Å². The molecule has 3 aromatic heterocycles. The SMILES string of the molecule is Cc1nc(-c2c3n(c4c(N5CCN(Cc6ccc7c(c6)OCCO7)CC5)ncnc24)CCCC3)sc1C. The number of aromatic nitrogens is 4. The zero-order valence-corrected chi connectivity index (χ0v) is 22.3. The number of anilines is 1. The van der Waals surface area contributed by atoms with Gasteiger partial charge >= 0.3 is 0 Å². The molecule has 0 radical (unpaired) electrons. The van der Waals surface area contributed by atoms with Crippen LogP contribution in [-0.4, -0.2) is 63.8 Å². The summed E-state index contributed by atoms with van der Waals surface area (Å²) in [5.41, 5.74) is 7.26. The number of thiazole rings is 1. The van der Waals surface area contributed by atoms with Gasteiger partial charge in [-0.2, -0.15) is 0 Å². The van der Waals surface area contributed by atoms with Gasteiger partial charge in [-0.15, -0.1) is 11.3 Å². The molecule has 9 heteroatoms. The van der Waals surface area contributed by atoms with Gasteiger partial charge in [0.2, 0.25) is 0 Å². The first kappa shape index (κ1) is 23.0. The first-order valence-corrected chi connectivity index (χ1v) is 14.1. The average Bonchev–Trinajstić information content (AvgIpc) is 3.45. The van der Waals surface area contributed by atoms with Gasteiger partial charge in [-0.3, -0.25) is 4.90 Å². The minimum Gasteiger partial charge on any atom is -0.486 e. The van der Waals surface area contributed by atoms with Crippen molar-refractivity contribution in [3.05, 3.63) is 46.4 Å². The van der Waals surface area contributed by atoms with Crippen LogP contribution >= 0.6 is 11.3 Å². The van der Waals surface area contributed by atoms with E-state index in [1.165, 1.54) is 40.1 Å². The number of aryl methyl sites for hydroxylation is 3. The highest BCUT2D eigenvalue weighted by Gasteiger charge is 2.29. The van der Waals surface area contributed by atoms with Crippen LogP contribution in [0.4, 0.5) is 5.82 Å². The molecule has 0 atom stereocenters. The predicted molar refractivity (Wildman–Crippen MR) is 146 cm³/mol. The number of benzene rings is 1. The molecule has 6 heterocycles. The lowest BCUT2D eigenvalue weighted by Gasteiger charge is -2.36. The van der Waals surface area contributed by atoms with E-state index >= 15 is 0 Å². The van der Waals surface area contributed by atoms with E-state index in [2.05, 4.69) is 40.3 Å². The van der Waals surface area contributed by atoms with Crippen molar-refractivity contribution in [2.75, 3.05) is 44.3 Å². The number of piperazine rings is 1. The van der Waals surface area contributed by atoms with E-state index in [-0.39, 0.29) is 0 Å². The molecule has 4 aromatic rings. The fourth-order valence-corrected chi connectivity index (χ4v) is 6.86. The fourth-order valence-electron chi connectivity index (χ4n) is 5.87. The maximum Gasteiger partial charge on any atom is 0.161 e. The Bertz CT molecular complexity index is 1450. The van der Waals surface area contributed by atoms with Crippen LogP contribution in [-0.2, 0) is 19.5 Å². The zero-order chi connectivity index (χ0) is 24.9. The van der Waals surface area contributed by atoms with Crippen LogP contribution in [0.25, 0.3) is 21.6 Å². The molecule has 0 saturated carbocycles. The fraction of sp³-hybridized carbons (Fsp3) is 0.464. The molecular weight excluding hydrogens is 484 g/mol. The highest BCUT2D eigenvalue weighted by molar-refractivity contribution is 7.15. The average molecular weight is 517 g/mol. The summed E-state index contributed by atoms with van der Waals surface area (Å²) in [6.07, 6.45) is 5.24. The zero-order valence-electron chi connectivity index (χ0n) is 21.5.